The van der Waals surface area contributed by atoms with E-state index in [2.05, 4.69) is 10.00 Å². The van der Waals surface area contributed by atoms with E-state index in [9.17, 15) is 9.59 Å². The molecule has 0 unspecified atom stereocenters. The summed E-state index contributed by atoms with van der Waals surface area (Å²) in [5.74, 6) is 0.378. The number of para-hydroxylation sites is 1. The van der Waals surface area contributed by atoms with Crippen LogP contribution in [0.2, 0.25) is 0 Å². The standard InChI is InChI=1S/C23H30N4O2/c1-18-21(17-24-27(18)20-9-5-4-6-10-20)23(29)26-15-11-19(12-16-26)22(28)25-13-7-2-3-8-14-25/h4-6,9-10,17,19H,2-3,7-8,11-16H2,1H3. The van der Waals surface area contributed by atoms with Gasteiger partial charge in [0.05, 0.1) is 23.1 Å². The molecule has 0 aliphatic carbocycles. The van der Waals surface area contributed by atoms with Crippen LogP contribution in [0.1, 0.15) is 54.6 Å². The first kappa shape index (κ1) is 19.7. The van der Waals surface area contributed by atoms with Crippen molar-refractivity contribution in [1.29, 1.82) is 0 Å². The largest absolute Gasteiger partial charge is 0.342 e. The number of amides is 2. The third-order valence-electron chi connectivity index (χ3n) is 6.29. The van der Waals surface area contributed by atoms with Crippen LogP contribution in [0, 0.1) is 12.8 Å². The molecule has 1 aromatic carbocycles. The summed E-state index contributed by atoms with van der Waals surface area (Å²) in [4.78, 5) is 29.9. The Kier molecular flexibility index (Phi) is 5.97. The summed E-state index contributed by atoms with van der Waals surface area (Å²) in [6, 6.07) is 9.85. The molecule has 0 atom stereocenters. The van der Waals surface area contributed by atoms with Crippen molar-refractivity contribution in [1.82, 2.24) is 19.6 Å². The van der Waals surface area contributed by atoms with Gasteiger partial charge < -0.3 is 9.80 Å². The van der Waals surface area contributed by atoms with Crippen molar-refractivity contribution < 1.29 is 9.59 Å². The van der Waals surface area contributed by atoms with Crippen LogP contribution in [-0.4, -0.2) is 57.6 Å². The number of likely N-dealkylation sites (tertiary alicyclic amines) is 2. The number of hydrogen-bond donors (Lipinski definition) is 0. The van der Waals surface area contributed by atoms with Gasteiger partial charge >= 0.3 is 0 Å². The Balaban J connectivity index is 1.38. The summed E-state index contributed by atoms with van der Waals surface area (Å²) in [6.45, 7) is 5.01. The summed E-state index contributed by atoms with van der Waals surface area (Å²) in [7, 11) is 0. The van der Waals surface area contributed by atoms with Gasteiger partial charge in [-0.3, -0.25) is 9.59 Å². The molecule has 154 valence electrons. The Morgan fingerprint density at radius 1 is 0.897 bits per heavy atom. The van der Waals surface area contributed by atoms with Crippen LogP contribution in [0.4, 0.5) is 0 Å². The zero-order chi connectivity index (χ0) is 20.2. The SMILES string of the molecule is Cc1c(C(=O)N2CCC(C(=O)N3CCCCCC3)CC2)cnn1-c1ccccc1. The van der Waals surface area contributed by atoms with Crippen LogP contribution in [0.5, 0.6) is 0 Å². The summed E-state index contributed by atoms with van der Waals surface area (Å²) >= 11 is 0. The van der Waals surface area contributed by atoms with Gasteiger partial charge in [0.15, 0.2) is 0 Å². The van der Waals surface area contributed by atoms with Crippen LogP contribution >= 0.6 is 0 Å². The fraction of sp³-hybridized carbons (Fsp3) is 0.522. The van der Waals surface area contributed by atoms with Crippen molar-refractivity contribution in [2.24, 2.45) is 5.92 Å². The van der Waals surface area contributed by atoms with Gasteiger partial charge in [-0.15, -0.1) is 0 Å². The summed E-state index contributed by atoms with van der Waals surface area (Å²) in [5, 5.41) is 4.42. The van der Waals surface area contributed by atoms with Crippen molar-refractivity contribution in [3.63, 3.8) is 0 Å². The molecule has 0 bridgehead atoms. The minimum absolute atomic E-state index is 0.0188. The first-order valence-corrected chi connectivity index (χ1v) is 10.8. The normalized spacial score (nSPS) is 18.5. The van der Waals surface area contributed by atoms with Gasteiger partial charge in [-0.2, -0.15) is 5.10 Å². The Morgan fingerprint density at radius 2 is 1.55 bits per heavy atom. The lowest BCUT2D eigenvalue weighted by Gasteiger charge is -2.34. The molecule has 2 aromatic rings. The second-order valence-electron chi connectivity index (χ2n) is 8.20. The first-order chi connectivity index (χ1) is 14.1. The maximum absolute atomic E-state index is 13.1. The van der Waals surface area contributed by atoms with E-state index in [0.29, 0.717) is 24.6 Å². The zero-order valence-electron chi connectivity index (χ0n) is 17.2. The molecule has 2 aliphatic rings. The van der Waals surface area contributed by atoms with Crippen LogP contribution in [-0.2, 0) is 4.79 Å². The molecule has 2 amide bonds. The number of rotatable bonds is 3. The lowest BCUT2D eigenvalue weighted by atomic mass is 9.94. The minimum Gasteiger partial charge on any atom is -0.342 e. The highest BCUT2D eigenvalue weighted by atomic mass is 16.2. The number of carbonyl (C=O) groups excluding carboxylic acids is 2. The second-order valence-corrected chi connectivity index (χ2v) is 8.20. The third-order valence-corrected chi connectivity index (χ3v) is 6.29. The topological polar surface area (TPSA) is 58.4 Å². The van der Waals surface area contributed by atoms with Gasteiger partial charge in [-0.05, 0) is 44.7 Å². The molecule has 3 heterocycles. The Hall–Kier alpha value is -2.63. The average Bonchev–Trinajstić information content (AvgIpc) is 2.96. The van der Waals surface area contributed by atoms with E-state index in [0.717, 1.165) is 50.2 Å². The predicted octanol–water partition coefficient (Wildman–Crippen LogP) is 3.44. The van der Waals surface area contributed by atoms with Crippen LogP contribution < -0.4 is 0 Å². The smallest absolute Gasteiger partial charge is 0.257 e. The summed E-state index contributed by atoms with van der Waals surface area (Å²) in [6.07, 6.45) is 7.88. The molecular formula is C23H30N4O2. The number of hydrogen-bond acceptors (Lipinski definition) is 3. The first-order valence-electron chi connectivity index (χ1n) is 10.8. The molecule has 0 saturated carbocycles. The predicted molar refractivity (Wildman–Crippen MR) is 112 cm³/mol. The molecule has 1 aromatic heterocycles. The van der Waals surface area contributed by atoms with E-state index in [1.165, 1.54) is 12.8 Å². The van der Waals surface area contributed by atoms with Crippen molar-refractivity contribution >= 4 is 11.8 Å². The molecule has 6 nitrogen and oxygen atoms in total. The highest BCUT2D eigenvalue weighted by Crippen LogP contribution is 2.24. The molecule has 0 spiro atoms. The van der Waals surface area contributed by atoms with Crippen molar-refractivity contribution in [3.8, 4) is 5.69 Å². The zero-order valence-corrected chi connectivity index (χ0v) is 17.2. The summed E-state index contributed by atoms with van der Waals surface area (Å²) in [5.41, 5.74) is 2.45. The van der Waals surface area contributed by atoms with E-state index in [1.54, 1.807) is 6.20 Å². The Bertz CT molecular complexity index is 845. The fourth-order valence-electron chi connectivity index (χ4n) is 4.50. The molecule has 4 rings (SSSR count). The molecule has 0 N–H and O–H groups in total. The third kappa shape index (κ3) is 4.21. The van der Waals surface area contributed by atoms with Crippen molar-refractivity contribution in [2.75, 3.05) is 26.2 Å². The van der Waals surface area contributed by atoms with E-state index >= 15 is 0 Å². The average molecular weight is 395 g/mol. The number of piperidine rings is 1. The van der Waals surface area contributed by atoms with E-state index in [-0.39, 0.29) is 11.8 Å². The van der Waals surface area contributed by atoms with Gasteiger partial charge in [-0.1, -0.05) is 31.0 Å². The van der Waals surface area contributed by atoms with Crippen LogP contribution in [0.15, 0.2) is 36.5 Å². The minimum atomic E-state index is 0.0188. The highest BCUT2D eigenvalue weighted by Gasteiger charge is 2.31. The van der Waals surface area contributed by atoms with Crippen LogP contribution in [0.25, 0.3) is 5.69 Å². The van der Waals surface area contributed by atoms with Gasteiger partial charge in [0.1, 0.15) is 0 Å². The molecule has 2 fully saturated rings. The molecule has 6 heteroatoms. The van der Waals surface area contributed by atoms with E-state index in [4.69, 9.17) is 0 Å². The second kappa shape index (κ2) is 8.80. The fourth-order valence-corrected chi connectivity index (χ4v) is 4.50. The van der Waals surface area contributed by atoms with Crippen LogP contribution in [0.3, 0.4) is 0 Å². The molecule has 29 heavy (non-hydrogen) atoms. The summed E-state index contributed by atoms with van der Waals surface area (Å²) < 4.78 is 1.81. The Labute approximate surface area is 172 Å². The maximum atomic E-state index is 13.1. The number of aromatic nitrogens is 2. The monoisotopic (exact) mass is 394 g/mol. The maximum Gasteiger partial charge on any atom is 0.257 e. The van der Waals surface area contributed by atoms with Gasteiger partial charge in [-0.25, -0.2) is 4.68 Å². The number of nitrogens with zero attached hydrogens (tertiary/aromatic N) is 4. The quantitative estimate of drug-likeness (QED) is 0.801. The van der Waals surface area contributed by atoms with Gasteiger partial charge in [0.25, 0.3) is 5.91 Å². The van der Waals surface area contributed by atoms with E-state index in [1.807, 2.05) is 46.8 Å². The van der Waals surface area contributed by atoms with Gasteiger partial charge in [0.2, 0.25) is 5.91 Å². The van der Waals surface area contributed by atoms with E-state index < -0.39 is 0 Å². The molecule has 2 saturated heterocycles. The molecule has 2 aliphatic heterocycles. The highest BCUT2D eigenvalue weighted by molar-refractivity contribution is 5.95. The number of benzene rings is 1. The lowest BCUT2D eigenvalue weighted by molar-refractivity contribution is -0.136. The number of carbonyl (C=O) groups is 2. The van der Waals surface area contributed by atoms with Crippen molar-refractivity contribution in [2.45, 2.75) is 45.4 Å². The lowest BCUT2D eigenvalue weighted by Crippen LogP contribution is -2.44. The van der Waals surface area contributed by atoms with Crippen molar-refractivity contribution in [3.05, 3.63) is 47.8 Å². The van der Waals surface area contributed by atoms with Gasteiger partial charge in [0, 0.05) is 32.1 Å². The molecule has 0 radical (unpaired) electrons. The Morgan fingerprint density at radius 3 is 2.21 bits per heavy atom. The molecular weight excluding hydrogens is 364 g/mol.